The molecule has 4 heteroatoms. The molecule has 0 spiro atoms. The largest absolute Gasteiger partial charge is 0.339 e. The van der Waals surface area contributed by atoms with Gasteiger partial charge in [-0.25, -0.2) is 0 Å². The lowest BCUT2D eigenvalue weighted by molar-refractivity contribution is 0.0665. The molecule has 2 aromatic rings. The van der Waals surface area contributed by atoms with E-state index in [4.69, 9.17) is 0 Å². The molecule has 1 unspecified atom stereocenters. The van der Waals surface area contributed by atoms with Gasteiger partial charge in [0.05, 0.1) is 0 Å². The summed E-state index contributed by atoms with van der Waals surface area (Å²) in [5.41, 5.74) is 3.17. The van der Waals surface area contributed by atoms with Crippen LogP contribution in [0.15, 0.2) is 48.5 Å². The molecule has 1 atom stereocenters. The summed E-state index contributed by atoms with van der Waals surface area (Å²) in [4.78, 5) is 27.2. The Bertz CT molecular complexity index is 821. The smallest absolute Gasteiger partial charge is 0.255 e. The lowest BCUT2D eigenvalue weighted by Crippen LogP contribution is -2.40. The quantitative estimate of drug-likeness (QED) is 0.701. The second kappa shape index (κ2) is 9.73. The molecule has 0 aromatic heterocycles. The Morgan fingerprint density at radius 2 is 1.55 bits per heavy atom. The van der Waals surface area contributed by atoms with Gasteiger partial charge in [0, 0.05) is 29.9 Å². The minimum Gasteiger partial charge on any atom is -0.339 e. The van der Waals surface area contributed by atoms with Crippen LogP contribution < -0.4 is 5.32 Å². The highest BCUT2D eigenvalue weighted by atomic mass is 16.2. The first-order valence-electron chi connectivity index (χ1n) is 10.8. The Morgan fingerprint density at radius 1 is 0.966 bits per heavy atom. The van der Waals surface area contributed by atoms with Crippen LogP contribution in [-0.2, 0) is 6.42 Å². The lowest BCUT2D eigenvalue weighted by atomic mass is 9.84. The van der Waals surface area contributed by atoms with Crippen LogP contribution in [0.3, 0.4) is 0 Å². The van der Waals surface area contributed by atoms with E-state index in [1.54, 1.807) is 24.3 Å². The number of hydrogen-bond donors (Lipinski definition) is 1. The zero-order chi connectivity index (χ0) is 20.8. The number of amides is 2. The third-order valence-electron chi connectivity index (χ3n) is 6.28. The Labute approximate surface area is 174 Å². The fourth-order valence-corrected chi connectivity index (χ4v) is 4.11. The maximum Gasteiger partial charge on any atom is 0.255 e. The van der Waals surface area contributed by atoms with Crippen LogP contribution in [0.1, 0.15) is 72.2 Å². The molecule has 0 bridgehead atoms. The van der Waals surface area contributed by atoms with E-state index in [0.717, 1.165) is 6.42 Å². The van der Waals surface area contributed by atoms with Crippen LogP contribution in [0.4, 0.5) is 5.69 Å². The monoisotopic (exact) mass is 392 g/mol. The summed E-state index contributed by atoms with van der Waals surface area (Å²) in [6.45, 7) is 4.25. The van der Waals surface area contributed by atoms with E-state index in [1.807, 2.05) is 36.2 Å². The van der Waals surface area contributed by atoms with Crippen LogP contribution >= 0.6 is 0 Å². The highest BCUT2D eigenvalue weighted by molar-refractivity contribution is 6.04. The predicted octanol–water partition coefficient (Wildman–Crippen LogP) is 5.54. The number of nitrogens with one attached hydrogen (secondary N) is 1. The first-order chi connectivity index (χ1) is 14.0. The molecule has 2 aromatic carbocycles. The van der Waals surface area contributed by atoms with Crippen LogP contribution in [0, 0.1) is 5.92 Å². The number of aryl methyl sites for hydroxylation is 1. The third kappa shape index (κ3) is 5.26. The number of rotatable bonds is 6. The number of benzene rings is 2. The minimum atomic E-state index is -0.144. The topological polar surface area (TPSA) is 49.4 Å². The van der Waals surface area contributed by atoms with Gasteiger partial charge in [-0.2, -0.15) is 0 Å². The molecule has 1 aliphatic carbocycles. The normalized spacial score (nSPS) is 15.6. The Morgan fingerprint density at radius 3 is 2.14 bits per heavy atom. The summed E-state index contributed by atoms with van der Waals surface area (Å²) in [5.74, 6) is 0.487. The van der Waals surface area contributed by atoms with Crippen molar-refractivity contribution in [3.8, 4) is 0 Å². The fraction of sp³-hybridized carbons (Fsp3) is 0.440. The van der Waals surface area contributed by atoms with Crippen molar-refractivity contribution in [3.05, 3.63) is 65.2 Å². The summed E-state index contributed by atoms with van der Waals surface area (Å²) in [6.07, 6.45) is 7.23. The van der Waals surface area contributed by atoms with Gasteiger partial charge in [-0.3, -0.25) is 9.59 Å². The zero-order valence-corrected chi connectivity index (χ0v) is 17.8. The van der Waals surface area contributed by atoms with Crippen molar-refractivity contribution < 1.29 is 9.59 Å². The number of anilines is 1. The number of carbonyl (C=O) groups is 2. The fourth-order valence-electron chi connectivity index (χ4n) is 4.11. The first kappa shape index (κ1) is 21.1. The summed E-state index contributed by atoms with van der Waals surface area (Å²) in [7, 11) is 1.90. The summed E-state index contributed by atoms with van der Waals surface area (Å²) in [6, 6.07) is 15.1. The van der Waals surface area contributed by atoms with Gasteiger partial charge in [-0.15, -0.1) is 0 Å². The molecular formula is C25H32N2O2. The highest BCUT2D eigenvalue weighted by Gasteiger charge is 2.26. The van der Waals surface area contributed by atoms with Crippen LogP contribution in [0.5, 0.6) is 0 Å². The van der Waals surface area contributed by atoms with Gasteiger partial charge in [0.25, 0.3) is 11.8 Å². The molecule has 3 rings (SSSR count). The molecule has 1 fully saturated rings. The number of carbonyl (C=O) groups excluding carboxylic acids is 2. The number of nitrogens with zero attached hydrogens (tertiary/aromatic N) is 1. The van der Waals surface area contributed by atoms with Crippen molar-refractivity contribution in [2.45, 2.75) is 58.4 Å². The van der Waals surface area contributed by atoms with Gasteiger partial charge in [0.1, 0.15) is 0 Å². The average Bonchev–Trinajstić information content (AvgIpc) is 2.78. The molecule has 1 saturated carbocycles. The molecule has 0 saturated heterocycles. The van der Waals surface area contributed by atoms with E-state index in [1.165, 1.54) is 37.7 Å². The Balaban J connectivity index is 1.61. The van der Waals surface area contributed by atoms with Crippen LogP contribution in [0.2, 0.25) is 0 Å². The standard InChI is InChI=1S/C25H32N2O2/c1-4-19-10-12-21(13-11-19)24(28)26-23-16-14-22(15-17-23)25(29)27(3)18(2)20-8-6-5-7-9-20/h10-18,20H,4-9H2,1-3H3,(H,26,28). The van der Waals surface area contributed by atoms with Gasteiger partial charge in [-0.1, -0.05) is 38.3 Å². The summed E-state index contributed by atoms with van der Waals surface area (Å²) >= 11 is 0. The maximum absolute atomic E-state index is 12.9. The van der Waals surface area contributed by atoms with Gasteiger partial charge in [0.15, 0.2) is 0 Å². The van der Waals surface area contributed by atoms with Crippen molar-refractivity contribution in [3.63, 3.8) is 0 Å². The van der Waals surface area contributed by atoms with Gasteiger partial charge in [-0.05, 0) is 74.1 Å². The molecule has 0 radical (unpaired) electrons. The van der Waals surface area contributed by atoms with E-state index in [0.29, 0.717) is 22.7 Å². The van der Waals surface area contributed by atoms with Crippen LogP contribution in [-0.4, -0.2) is 29.8 Å². The second-order valence-electron chi connectivity index (χ2n) is 8.14. The SMILES string of the molecule is CCc1ccc(C(=O)Nc2ccc(C(=O)N(C)C(C)C3CCCCC3)cc2)cc1. The minimum absolute atomic E-state index is 0.0381. The van der Waals surface area contributed by atoms with Crippen molar-refractivity contribution >= 4 is 17.5 Å². The van der Waals surface area contributed by atoms with Crippen molar-refractivity contribution in [2.24, 2.45) is 5.92 Å². The van der Waals surface area contributed by atoms with Crippen molar-refractivity contribution in [1.29, 1.82) is 0 Å². The highest BCUT2D eigenvalue weighted by Crippen LogP contribution is 2.29. The molecule has 1 N–H and O–H groups in total. The van der Waals surface area contributed by atoms with E-state index in [2.05, 4.69) is 19.2 Å². The lowest BCUT2D eigenvalue weighted by Gasteiger charge is -2.34. The van der Waals surface area contributed by atoms with Crippen LogP contribution in [0.25, 0.3) is 0 Å². The molecular weight excluding hydrogens is 360 g/mol. The van der Waals surface area contributed by atoms with Gasteiger partial charge >= 0.3 is 0 Å². The second-order valence-corrected chi connectivity index (χ2v) is 8.14. The Kier molecular flexibility index (Phi) is 7.08. The van der Waals surface area contributed by atoms with E-state index in [9.17, 15) is 9.59 Å². The van der Waals surface area contributed by atoms with Gasteiger partial charge < -0.3 is 10.2 Å². The van der Waals surface area contributed by atoms with Gasteiger partial charge in [0.2, 0.25) is 0 Å². The predicted molar refractivity (Wildman–Crippen MR) is 118 cm³/mol. The number of hydrogen-bond acceptors (Lipinski definition) is 2. The molecule has 154 valence electrons. The maximum atomic E-state index is 12.9. The zero-order valence-electron chi connectivity index (χ0n) is 17.8. The molecule has 1 aliphatic rings. The van der Waals surface area contributed by atoms with Crippen molar-refractivity contribution in [1.82, 2.24) is 4.90 Å². The Hall–Kier alpha value is -2.62. The van der Waals surface area contributed by atoms with Crippen molar-refractivity contribution in [2.75, 3.05) is 12.4 Å². The molecule has 2 amide bonds. The summed E-state index contributed by atoms with van der Waals surface area (Å²) in [5, 5.41) is 2.90. The molecule has 0 heterocycles. The van der Waals surface area contributed by atoms with E-state index < -0.39 is 0 Å². The molecule has 0 aliphatic heterocycles. The summed E-state index contributed by atoms with van der Waals surface area (Å²) < 4.78 is 0. The molecule has 4 nitrogen and oxygen atoms in total. The van der Waals surface area contributed by atoms with E-state index in [-0.39, 0.29) is 17.9 Å². The van der Waals surface area contributed by atoms with E-state index >= 15 is 0 Å². The first-order valence-corrected chi connectivity index (χ1v) is 10.8. The average molecular weight is 393 g/mol. The molecule has 29 heavy (non-hydrogen) atoms. The third-order valence-corrected chi connectivity index (χ3v) is 6.28.